The summed E-state index contributed by atoms with van der Waals surface area (Å²) in [6, 6.07) is 6.23. The molecule has 0 unspecified atom stereocenters. The highest BCUT2D eigenvalue weighted by atomic mass is 35.5. The third kappa shape index (κ3) is 7.24. The first-order valence-electron chi connectivity index (χ1n) is 7.11. The van der Waals surface area contributed by atoms with Crippen molar-refractivity contribution in [3.63, 3.8) is 0 Å². The summed E-state index contributed by atoms with van der Waals surface area (Å²) in [7, 11) is 0. The van der Waals surface area contributed by atoms with Gasteiger partial charge in [-0.2, -0.15) is 0 Å². The molecule has 0 fully saturated rings. The molecule has 0 aliphatic heterocycles. The van der Waals surface area contributed by atoms with E-state index in [0.717, 1.165) is 24.0 Å². The van der Waals surface area contributed by atoms with E-state index in [2.05, 4.69) is 45.1 Å². The van der Waals surface area contributed by atoms with Crippen LogP contribution in [0.4, 0.5) is 0 Å². The van der Waals surface area contributed by atoms with Crippen LogP contribution in [0.15, 0.2) is 23.1 Å². The van der Waals surface area contributed by atoms with E-state index in [4.69, 9.17) is 11.6 Å². The van der Waals surface area contributed by atoms with E-state index >= 15 is 0 Å². The van der Waals surface area contributed by atoms with Crippen molar-refractivity contribution in [2.24, 2.45) is 11.8 Å². The minimum Gasteiger partial charge on any atom is -0.312 e. The summed E-state index contributed by atoms with van der Waals surface area (Å²) in [5.41, 5.74) is 1.32. The minimum atomic E-state index is 0.677. The Morgan fingerprint density at radius 1 is 1.16 bits per heavy atom. The van der Waals surface area contributed by atoms with Gasteiger partial charge in [0.25, 0.3) is 0 Å². The summed E-state index contributed by atoms with van der Waals surface area (Å²) >= 11 is 8.05. The van der Waals surface area contributed by atoms with Gasteiger partial charge in [0.15, 0.2) is 0 Å². The number of thioether (sulfide) groups is 1. The maximum Gasteiger partial charge on any atom is 0.0410 e. The average Bonchev–Trinajstić information content (AvgIpc) is 2.31. The molecule has 0 spiro atoms. The number of halogens is 1. The van der Waals surface area contributed by atoms with Crippen molar-refractivity contribution in [2.75, 3.05) is 12.3 Å². The molecule has 1 N–H and O–H groups in total. The van der Waals surface area contributed by atoms with Crippen LogP contribution in [0.5, 0.6) is 0 Å². The lowest BCUT2D eigenvalue weighted by Gasteiger charge is -2.13. The van der Waals surface area contributed by atoms with Gasteiger partial charge in [0.2, 0.25) is 0 Å². The highest BCUT2D eigenvalue weighted by Crippen LogP contribution is 2.27. The lowest BCUT2D eigenvalue weighted by atomic mass is 10.2. The molecule has 108 valence electrons. The Bertz CT molecular complexity index is 377. The highest BCUT2D eigenvalue weighted by Gasteiger charge is 2.05. The second kappa shape index (κ2) is 8.89. The summed E-state index contributed by atoms with van der Waals surface area (Å²) < 4.78 is 0. The number of hydrogen-bond donors (Lipinski definition) is 1. The van der Waals surface area contributed by atoms with Crippen LogP contribution in [0.3, 0.4) is 0 Å². The van der Waals surface area contributed by atoms with E-state index in [9.17, 15) is 0 Å². The largest absolute Gasteiger partial charge is 0.312 e. The predicted octanol–water partition coefficient (Wildman–Crippen LogP) is 5.22. The van der Waals surface area contributed by atoms with Crippen LogP contribution in [0.25, 0.3) is 0 Å². The van der Waals surface area contributed by atoms with Gasteiger partial charge in [-0.15, -0.1) is 11.8 Å². The molecule has 3 heteroatoms. The first-order chi connectivity index (χ1) is 8.99. The molecule has 0 aromatic heterocycles. The average molecular weight is 300 g/mol. The summed E-state index contributed by atoms with van der Waals surface area (Å²) in [4.78, 5) is 1.36. The molecular weight excluding hydrogens is 274 g/mol. The summed E-state index contributed by atoms with van der Waals surface area (Å²) in [5.74, 6) is 2.62. The predicted molar refractivity (Wildman–Crippen MR) is 88.2 cm³/mol. The number of benzene rings is 1. The van der Waals surface area contributed by atoms with E-state index in [1.807, 2.05) is 17.8 Å². The van der Waals surface area contributed by atoms with Gasteiger partial charge < -0.3 is 5.32 Å². The lowest BCUT2D eigenvalue weighted by molar-refractivity contribution is 0.550. The topological polar surface area (TPSA) is 12.0 Å². The fourth-order valence-electron chi connectivity index (χ4n) is 1.73. The van der Waals surface area contributed by atoms with Gasteiger partial charge in [-0.3, -0.25) is 0 Å². The van der Waals surface area contributed by atoms with Gasteiger partial charge >= 0.3 is 0 Å². The zero-order valence-corrected chi connectivity index (χ0v) is 14.1. The fraction of sp³-hybridized carbons (Fsp3) is 0.625. The molecule has 1 rings (SSSR count). The third-order valence-corrected chi connectivity index (χ3v) is 4.23. The molecule has 1 aromatic carbocycles. The van der Waals surface area contributed by atoms with Crippen LogP contribution in [0.2, 0.25) is 5.02 Å². The van der Waals surface area contributed by atoms with Gasteiger partial charge in [-0.05, 0) is 54.3 Å². The fourth-order valence-corrected chi connectivity index (χ4v) is 3.21. The number of hydrogen-bond acceptors (Lipinski definition) is 2. The number of nitrogens with one attached hydrogen (secondary N) is 1. The highest BCUT2D eigenvalue weighted by molar-refractivity contribution is 7.99. The molecule has 1 nitrogen and oxygen atoms in total. The van der Waals surface area contributed by atoms with Gasteiger partial charge in [0.1, 0.15) is 0 Å². The Hall–Kier alpha value is -0.180. The Kier molecular flexibility index (Phi) is 7.89. The van der Waals surface area contributed by atoms with Crippen molar-refractivity contribution >= 4 is 23.4 Å². The zero-order chi connectivity index (χ0) is 14.3. The molecule has 1 aromatic rings. The molecule has 0 aliphatic rings. The van der Waals surface area contributed by atoms with Crippen LogP contribution in [-0.4, -0.2) is 12.3 Å². The molecule has 0 amide bonds. The first kappa shape index (κ1) is 16.9. The van der Waals surface area contributed by atoms with E-state index in [1.54, 1.807) is 0 Å². The molecule has 0 radical (unpaired) electrons. The summed E-state index contributed by atoms with van der Waals surface area (Å²) in [6.45, 7) is 10.9. The second-order valence-corrected chi connectivity index (χ2v) is 7.38. The summed E-state index contributed by atoms with van der Waals surface area (Å²) in [5, 5.41) is 4.32. The van der Waals surface area contributed by atoms with Crippen molar-refractivity contribution in [3.8, 4) is 0 Å². The van der Waals surface area contributed by atoms with E-state index in [-0.39, 0.29) is 0 Å². The quantitative estimate of drug-likeness (QED) is 0.660. The van der Waals surface area contributed by atoms with Crippen LogP contribution in [0, 0.1) is 11.8 Å². The number of rotatable bonds is 8. The van der Waals surface area contributed by atoms with E-state index < -0.39 is 0 Å². The maximum absolute atomic E-state index is 6.11. The molecule has 0 heterocycles. The van der Waals surface area contributed by atoms with Crippen molar-refractivity contribution in [3.05, 3.63) is 28.8 Å². The van der Waals surface area contributed by atoms with Crippen LogP contribution in [-0.2, 0) is 6.54 Å². The molecule has 19 heavy (non-hydrogen) atoms. The molecule has 0 saturated heterocycles. The SMILES string of the molecule is CC(C)CCSc1ccc(Cl)cc1CNCC(C)C. The second-order valence-electron chi connectivity index (χ2n) is 5.81. The minimum absolute atomic E-state index is 0.677. The van der Waals surface area contributed by atoms with Gasteiger partial charge in [0.05, 0.1) is 0 Å². The lowest BCUT2D eigenvalue weighted by Crippen LogP contribution is -2.19. The first-order valence-corrected chi connectivity index (χ1v) is 8.47. The molecular formula is C16H26ClNS. The maximum atomic E-state index is 6.11. The third-order valence-electron chi connectivity index (χ3n) is 2.84. The smallest absolute Gasteiger partial charge is 0.0410 e. The standard InChI is InChI=1S/C16H26ClNS/c1-12(2)7-8-19-16-6-5-15(17)9-14(16)11-18-10-13(3)4/h5-6,9,12-13,18H,7-8,10-11H2,1-4H3. The zero-order valence-electron chi connectivity index (χ0n) is 12.5. The molecule has 0 bridgehead atoms. The Morgan fingerprint density at radius 2 is 1.89 bits per heavy atom. The normalized spacial score (nSPS) is 11.5. The van der Waals surface area contributed by atoms with E-state index in [1.165, 1.54) is 22.6 Å². The van der Waals surface area contributed by atoms with Crippen molar-refractivity contribution in [1.29, 1.82) is 0 Å². The van der Waals surface area contributed by atoms with Crippen LogP contribution < -0.4 is 5.32 Å². The van der Waals surface area contributed by atoms with Gasteiger partial charge in [0, 0.05) is 16.5 Å². The summed E-state index contributed by atoms with van der Waals surface area (Å²) in [6.07, 6.45) is 1.26. The van der Waals surface area contributed by atoms with Gasteiger partial charge in [-0.25, -0.2) is 0 Å². The van der Waals surface area contributed by atoms with Crippen LogP contribution >= 0.6 is 23.4 Å². The van der Waals surface area contributed by atoms with Gasteiger partial charge in [-0.1, -0.05) is 39.3 Å². The molecule has 0 atom stereocenters. The molecule has 0 aliphatic carbocycles. The van der Waals surface area contributed by atoms with Crippen molar-refractivity contribution in [2.45, 2.75) is 45.6 Å². The van der Waals surface area contributed by atoms with E-state index in [0.29, 0.717) is 5.92 Å². The monoisotopic (exact) mass is 299 g/mol. The van der Waals surface area contributed by atoms with Crippen LogP contribution in [0.1, 0.15) is 39.7 Å². The van der Waals surface area contributed by atoms with Crippen molar-refractivity contribution in [1.82, 2.24) is 5.32 Å². The Balaban J connectivity index is 2.58. The Morgan fingerprint density at radius 3 is 2.53 bits per heavy atom. The molecule has 0 saturated carbocycles. The Labute approximate surface area is 127 Å². The van der Waals surface area contributed by atoms with Crippen molar-refractivity contribution < 1.29 is 0 Å².